The summed E-state index contributed by atoms with van der Waals surface area (Å²) in [6, 6.07) is 48.1. The fourth-order valence-electron chi connectivity index (χ4n) is 13.7. The average Bonchev–Trinajstić information content (AvgIpc) is 1.56. The molecule has 0 atom stereocenters. The number of carbonyl (C=O) groups excluding carboxylic acids is 3. The maximum atomic E-state index is 11.7. The summed E-state index contributed by atoms with van der Waals surface area (Å²) in [6.07, 6.45) is 12.2. The van der Waals surface area contributed by atoms with E-state index in [1.165, 1.54) is 48.8 Å². The van der Waals surface area contributed by atoms with Gasteiger partial charge in [0.25, 0.3) is 0 Å². The van der Waals surface area contributed by atoms with Gasteiger partial charge in [-0.15, -0.1) is 53.1 Å². The molecule has 0 fully saturated rings. The Kier molecular flexibility index (Phi) is 35.0. The molecule has 0 aliphatic rings. The summed E-state index contributed by atoms with van der Waals surface area (Å²) in [7, 11) is 0. The van der Waals surface area contributed by atoms with Crippen LogP contribution in [0, 0.1) is 83.4 Å². The first-order valence-corrected chi connectivity index (χ1v) is 40.4. The topological polar surface area (TPSA) is 267 Å². The molecule has 0 saturated heterocycles. The molecule has 15 rings (SSSR count). The summed E-state index contributed by atoms with van der Waals surface area (Å²) in [4.78, 5) is 73.7. The van der Waals surface area contributed by atoms with Crippen LogP contribution in [-0.4, -0.2) is 77.5 Å². The van der Waals surface area contributed by atoms with Crippen LogP contribution in [0.3, 0.4) is 0 Å². The summed E-state index contributed by atoms with van der Waals surface area (Å²) >= 11 is 0. The zero-order valence-electron chi connectivity index (χ0n) is 72.5. The molecule has 0 bridgehead atoms. The van der Waals surface area contributed by atoms with Crippen LogP contribution in [0.25, 0.3) is 133 Å². The third kappa shape index (κ3) is 23.3. The first-order valence-electron chi connectivity index (χ1n) is 40.4. The number of benzene rings is 6. The van der Waals surface area contributed by atoms with Gasteiger partial charge in [-0.1, -0.05) is 187 Å². The van der Waals surface area contributed by atoms with Gasteiger partial charge < -0.3 is 28.6 Å². The second-order valence-corrected chi connectivity index (χ2v) is 31.6. The van der Waals surface area contributed by atoms with Gasteiger partial charge in [0.05, 0.1) is 50.6 Å². The van der Waals surface area contributed by atoms with E-state index in [0.29, 0.717) is 34.9 Å². The van der Waals surface area contributed by atoms with E-state index < -0.39 is 0 Å². The van der Waals surface area contributed by atoms with Gasteiger partial charge in [-0.25, -0.2) is 29.9 Å². The number of fused-ring (bicyclic) bond motifs is 12. The van der Waals surface area contributed by atoms with Crippen molar-refractivity contribution in [3.8, 4) is 33.8 Å². The molecule has 0 aliphatic heterocycles. The van der Waals surface area contributed by atoms with Crippen molar-refractivity contribution in [3.63, 3.8) is 0 Å². The Labute approximate surface area is 744 Å². The van der Waals surface area contributed by atoms with Crippen molar-refractivity contribution in [1.29, 1.82) is 0 Å². The van der Waals surface area contributed by atoms with Crippen molar-refractivity contribution in [3.05, 3.63) is 232 Å². The quantitative estimate of drug-likeness (QED) is 0.0434. The molecule has 0 saturated carbocycles. The molecule has 0 amide bonds. The summed E-state index contributed by atoms with van der Waals surface area (Å²) in [5.41, 5.74) is 21.8. The third-order valence-electron chi connectivity index (χ3n) is 20.6. The Morgan fingerprint density at radius 3 is 0.925 bits per heavy atom. The van der Waals surface area contributed by atoms with E-state index >= 15 is 0 Å². The number of hydrogen-bond acceptors (Lipinski definition) is 18. The molecule has 15 aromatic rings. The third-order valence-corrected chi connectivity index (χ3v) is 20.6. The van der Waals surface area contributed by atoms with Gasteiger partial charge in [0.15, 0.2) is 17.3 Å². The SMILES string of the molecule is CC(=O)C=C(C)O.CC(C)C(=O)C=C(O)C(C)C.CCC(CC)C(=O)C=C(O)C(CC)CC.Cc1[c-]c(-c2ncnc3cc(C(C)C)ccc23)c2oc3nc(C)ccc3c2c1.Cc1[c-]c(-c2ncnc3cc(C(C)C)ccc23)c2oc3nc(C)ccc3c2c1.Cc1[c-]c(-c2ncnc3cc(C(C)C)ccc23)c2oc3nc(C)ccc3c2c1.[Ir].[Ir].[Ir]. The molecule has 0 aliphatic carbocycles. The second kappa shape index (κ2) is 43.3. The van der Waals surface area contributed by atoms with E-state index in [9.17, 15) is 24.6 Å². The van der Waals surface area contributed by atoms with Gasteiger partial charge in [-0.3, -0.25) is 29.3 Å². The van der Waals surface area contributed by atoms with Gasteiger partial charge in [-0.05, 0) is 166 Å². The summed E-state index contributed by atoms with van der Waals surface area (Å²) < 4.78 is 18.5. The molecule has 120 heavy (non-hydrogen) atoms. The van der Waals surface area contributed by atoms with Crippen molar-refractivity contribution in [2.75, 3.05) is 0 Å². The largest absolute Gasteiger partial charge is 0.512 e. The summed E-state index contributed by atoms with van der Waals surface area (Å²) in [5, 5.41) is 36.5. The number of hydrogen-bond donors (Lipinski definition) is 3. The molecule has 18 nitrogen and oxygen atoms in total. The van der Waals surface area contributed by atoms with Crippen LogP contribution < -0.4 is 0 Å². The molecule has 0 unspecified atom stereocenters. The van der Waals surface area contributed by atoms with E-state index in [4.69, 9.17) is 18.4 Å². The average molecular weight is 2140 g/mol. The fourth-order valence-corrected chi connectivity index (χ4v) is 13.7. The van der Waals surface area contributed by atoms with Crippen molar-refractivity contribution < 1.29 is 103 Å². The number of aromatic nitrogens is 9. The zero-order chi connectivity index (χ0) is 85.0. The van der Waals surface area contributed by atoms with Crippen molar-refractivity contribution in [1.82, 2.24) is 44.9 Å². The van der Waals surface area contributed by atoms with Crippen LogP contribution in [0.4, 0.5) is 0 Å². The van der Waals surface area contributed by atoms with Gasteiger partial charge in [0.1, 0.15) is 19.0 Å². The van der Waals surface area contributed by atoms with Crippen LogP contribution in [0.1, 0.15) is 205 Å². The Balaban J connectivity index is 0.000000208. The number of ketones is 3. The van der Waals surface area contributed by atoms with Gasteiger partial charge in [0.2, 0.25) is 17.1 Å². The van der Waals surface area contributed by atoms with Crippen LogP contribution in [0.5, 0.6) is 0 Å². The van der Waals surface area contributed by atoms with Crippen molar-refractivity contribution >= 4 is 116 Å². The van der Waals surface area contributed by atoms with E-state index in [1.54, 1.807) is 19.0 Å². The standard InChI is InChI=1S/3C24H20N3O.C13H24O2.C9H16O2.C5H8O2.3Ir/c3*1-13(2)16-6-8-18-21(11-16)25-12-26-22(18)20-10-14(3)9-19-17-7-5-15(4)27-24(17)28-23(19)20;1-5-10(6-2)12(14)9-13(15)11(7-3)8-4;1-6(2)8(10)5-9(11)7(3)4;1-4(6)3-5(2)7;;;/h3*5-9,11-13H,1-4H3;9-11,14H,5-8H2,1-4H3;5-7,10H,1-4H3;3,6H,1-2H3;;;/q3*-1;;;;;;. The van der Waals surface area contributed by atoms with Crippen LogP contribution in [0.2, 0.25) is 0 Å². The molecular weight excluding hydrogens is 2040 g/mol. The van der Waals surface area contributed by atoms with Crippen LogP contribution in [-0.2, 0) is 74.7 Å². The van der Waals surface area contributed by atoms with E-state index in [1.807, 2.05) is 115 Å². The molecule has 3 N–H and O–H groups in total. The van der Waals surface area contributed by atoms with Crippen LogP contribution >= 0.6 is 0 Å². The summed E-state index contributed by atoms with van der Waals surface area (Å²) in [6.45, 7) is 43.4. The summed E-state index contributed by atoms with van der Waals surface area (Å²) in [5.74, 6) is 1.99. The zero-order valence-corrected chi connectivity index (χ0v) is 79.7. The smallest absolute Gasteiger partial charge is 0.216 e. The van der Waals surface area contributed by atoms with E-state index in [-0.39, 0.29) is 119 Å². The fraction of sp³-hybridized carbons (Fsp3) is 0.333. The second-order valence-electron chi connectivity index (χ2n) is 31.6. The molecule has 21 heteroatoms. The minimum absolute atomic E-state index is 0. The molecule has 9 heterocycles. The first kappa shape index (κ1) is 96.9. The minimum Gasteiger partial charge on any atom is -0.512 e. The predicted octanol–water partition coefficient (Wildman–Crippen LogP) is 25.6. The van der Waals surface area contributed by atoms with Crippen molar-refractivity contribution in [2.45, 2.75) is 196 Å². The maximum absolute atomic E-state index is 11.7. The Morgan fingerprint density at radius 2 is 0.667 bits per heavy atom. The molecular formula is C99H108Ir3N9O9-3. The molecule has 6 aromatic carbocycles. The Morgan fingerprint density at radius 1 is 0.367 bits per heavy atom. The van der Waals surface area contributed by atoms with Gasteiger partial charge >= 0.3 is 0 Å². The predicted molar refractivity (Wildman–Crippen MR) is 474 cm³/mol. The monoisotopic (exact) mass is 2150 g/mol. The number of rotatable bonds is 17. The molecule has 0 spiro atoms. The number of aliphatic hydroxyl groups is 3. The normalized spacial score (nSPS) is 11.7. The number of aliphatic hydroxyl groups excluding tert-OH is 3. The first-order chi connectivity index (χ1) is 55.7. The Bertz CT molecular complexity index is 5750. The van der Waals surface area contributed by atoms with Crippen LogP contribution in [0.15, 0.2) is 177 Å². The molecule has 633 valence electrons. The van der Waals surface area contributed by atoms with Crippen molar-refractivity contribution in [2.24, 2.45) is 23.7 Å². The number of aryl methyl sites for hydroxylation is 6. The maximum Gasteiger partial charge on any atom is 0.216 e. The minimum atomic E-state index is -0.125. The molecule has 9 aromatic heterocycles. The molecule has 3 radical (unpaired) electrons. The van der Waals surface area contributed by atoms with Gasteiger partial charge in [0, 0.05) is 153 Å². The number of furan rings is 3. The Hall–Kier alpha value is -10.2. The number of carbonyl (C=O) groups is 3. The number of nitrogens with zero attached hydrogens (tertiary/aromatic N) is 9. The number of pyridine rings is 3. The van der Waals surface area contributed by atoms with E-state index in [2.05, 4.69) is 196 Å². The van der Waals surface area contributed by atoms with Gasteiger partial charge in [-0.2, -0.15) is 0 Å². The van der Waals surface area contributed by atoms with E-state index in [0.717, 1.165) is 175 Å². The number of allylic oxidation sites excluding steroid dienone is 6.